The molecule has 1 saturated heterocycles. The zero-order valence-corrected chi connectivity index (χ0v) is 6.96. The van der Waals surface area contributed by atoms with Crippen LogP contribution in [0.5, 0.6) is 0 Å². The average Bonchev–Trinajstić information content (AvgIpc) is 2.08. The topological polar surface area (TPSA) is 38.7 Å². The van der Waals surface area contributed by atoms with Gasteiger partial charge in [-0.1, -0.05) is 6.58 Å². The third-order valence-electron chi connectivity index (χ3n) is 1.53. The fourth-order valence-electron chi connectivity index (χ4n) is 1.13. The van der Waals surface area contributed by atoms with Gasteiger partial charge >= 0.3 is 0 Å². The molecule has 0 spiro atoms. The van der Waals surface area contributed by atoms with Crippen molar-refractivity contribution in [1.29, 1.82) is 0 Å². The van der Waals surface area contributed by atoms with Crippen LogP contribution in [0, 0.1) is 0 Å². The van der Waals surface area contributed by atoms with Crippen molar-refractivity contribution in [3.05, 3.63) is 12.3 Å². The van der Waals surface area contributed by atoms with Gasteiger partial charge in [0.05, 0.1) is 18.5 Å². The molecular weight excluding hydrogens is 144 g/mol. The van der Waals surface area contributed by atoms with Crippen LogP contribution in [0.1, 0.15) is 20.3 Å². The van der Waals surface area contributed by atoms with Gasteiger partial charge in [0.2, 0.25) is 0 Å². The molecule has 1 aliphatic heterocycles. The van der Waals surface area contributed by atoms with Gasteiger partial charge in [-0.2, -0.15) is 0 Å². The second-order valence-corrected chi connectivity index (χ2v) is 3.22. The Labute approximate surface area is 66.6 Å². The third kappa shape index (κ3) is 2.52. The summed E-state index contributed by atoms with van der Waals surface area (Å²) in [6.07, 6.45) is 0.422. The van der Waals surface area contributed by atoms with Crippen molar-refractivity contribution in [2.45, 2.75) is 32.2 Å². The minimum atomic E-state index is -0.500. The molecule has 1 fully saturated rings. The van der Waals surface area contributed by atoms with E-state index in [-0.39, 0.29) is 11.9 Å². The van der Waals surface area contributed by atoms with E-state index in [1.165, 1.54) is 0 Å². The molecule has 0 aromatic heterocycles. The van der Waals surface area contributed by atoms with Crippen molar-refractivity contribution in [2.75, 3.05) is 6.61 Å². The van der Waals surface area contributed by atoms with Gasteiger partial charge in [0, 0.05) is 6.42 Å². The van der Waals surface area contributed by atoms with E-state index < -0.39 is 5.79 Å². The van der Waals surface area contributed by atoms with Gasteiger partial charge in [0.25, 0.3) is 0 Å². The number of rotatable bonds is 2. The largest absolute Gasteiger partial charge is 0.513 e. The summed E-state index contributed by atoms with van der Waals surface area (Å²) in [6.45, 7) is 7.63. The fourth-order valence-corrected chi connectivity index (χ4v) is 1.13. The molecule has 0 aromatic rings. The first-order valence-corrected chi connectivity index (χ1v) is 3.68. The van der Waals surface area contributed by atoms with Crippen LogP contribution in [0.15, 0.2) is 12.3 Å². The van der Waals surface area contributed by atoms with Gasteiger partial charge in [-0.05, 0) is 13.8 Å². The van der Waals surface area contributed by atoms with E-state index in [1.807, 2.05) is 13.8 Å². The predicted octanol–water partition coefficient (Wildman–Crippen LogP) is 1.60. The summed E-state index contributed by atoms with van der Waals surface area (Å²) in [5.41, 5.74) is 0. The Bertz CT molecular complexity index is 163. The van der Waals surface area contributed by atoms with Crippen LogP contribution in [0.3, 0.4) is 0 Å². The molecule has 3 heteroatoms. The molecule has 64 valence electrons. The predicted molar refractivity (Wildman–Crippen MR) is 41.3 cm³/mol. The SMILES string of the molecule is C=C(O)C[C@@H]1COC(C)(C)O1. The maximum absolute atomic E-state index is 8.85. The van der Waals surface area contributed by atoms with E-state index in [2.05, 4.69) is 6.58 Å². The van der Waals surface area contributed by atoms with Crippen LogP contribution in [0.4, 0.5) is 0 Å². The van der Waals surface area contributed by atoms with Gasteiger partial charge in [-0.25, -0.2) is 0 Å². The third-order valence-corrected chi connectivity index (χ3v) is 1.53. The standard InChI is InChI=1S/C8H14O3/c1-6(9)4-7-5-10-8(2,3)11-7/h7,9H,1,4-5H2,2-3H3/t7-/m1/s1. The van der Waals surface area contributed by atoms with Crippen LogP contribution in [-0.2, 0) is 9.47 Å². The van der Waals surface area contributed by atoms with Crippen molar-refractivity contribution in [1.82, 2.24) is 0 Å². The van der Waals surface area contributed by atoms with Crippen molar-refractivity contribution in [3.8, 4) is 0 Å². The first-order chi connectivity index (χ1) is 4.99. The molecular formula is C8H14O3. The molecule has 1 heterocycles. The highest BCUT2D eigenvalue weighted by Crippen LogP contribution is 2.24. The second kappa shape index (κ2) is 2.83. The van der Waals surface area contributed by atoms with Crippen molar-refractivity contribution in [3.63, 3.8) is 0 Å². The molecule has 0 saturated carbocycles. The van der Waals surface area contributed by atoms with Crippen molar-refractivity contribution >= 4 is 0 Å². The smallest absolute Gasteiger partial charge is 0.163 e. The van der Waals surface area contributed by atoms with E-state index in [0.29, 0.717) is 13.0 Å². The van der Waals surface area contributed by atoms with Crippen LogP contribution < -0.4 is 0 Å². The molecule has 0 bridgehead atoms. The molecule has 1 aliphatic rings. The lowest BCUT2D eigenvalue weighted by atomic mass is 10.2. The molecule has 1 N–H and O–H groups in total. The molecule has 0 radical (unpaired) electrons. The Balaban J connectivity index is 2.36. The van der Waals surface area contributed by atoms with Gasteiger partial charge < -0.3 is 14.6 Å². The summed E-state index contributed by atoms with van der Waals surface area (Å²) in [5.74, 6) is -0.351. The lowest BCUT2D eigenvalue weighted by Gasteiger charge is -2.16. The molecule has 3 nitrogen and oxygen atoms in total. The van der Waals surface area contributed by atoms with E-state index in [0.717, 1.165) is 0 Å². The van der Waals surface area contributed by atoms with Crippen molar-refractivity contribution in [2.24, 2.45) is 0 Å². The quantitative estimate of drug-likeness (QED) is 0.620. The van der Waals surface area contributed by atoms with Crippen LogP contribution in [-0.4, -0.2) is 23.6 Å². The first-order valence-electron chi connectivity index (χ1n) is 3.68. The fraction of sp³-hybridized carbons (Fsp3) is 0.750. The van der Waals surface area contributed by atoms with Gasteiger partial charge in [-0.15, -0.1) is 0 Å². The Morgan fingerprint density at radius 1 is 1.73 bits per heavy atom. The number of aliphatic hydroxyl groups is 1. The van der Waals surface area contributed by atoms with E-state index >= 15 is 0 Å². The maximum Gasteiger partial charge on any atom is 0.163 e. The molecule has 0 unspecified atom stereocenters. The average molecular weight is 158 g/mol. The summed E-state index contributed by atoms with van der Waals surface area (Å²) >= 11 is 0. The number of hydrogen-bond acceptors (Lipinski definition) is 3. The minimum Gasteiger partial charge on any atom is -0.513 e. The summed E-state index contributed by atoms with van der Waals surface area (Å²) in [5, 5.41) is 8.85. The van der Waals surface area contributed by atoms with Crippen LogP contribution in [0.2, 0.25) is 0 Å². The van der Waals surface area contributed by atoms with E-state index in [4.69, 9.17) is 14.6 Å². The summed E-state index contributed by atoms with van der Waals surface area (Å²) in [7, 11) is 0. The normalized spacial score (nSPS) is 28.7. The maximum atomic E-state index is 8.85. The lowest BCUT2D eigenvalue weighted by molar-refractivity contribution is -0.138. The Morgan fingerprint density at radius 3 is 2.73 bits per heavy atom. The van der Waals surface area contributed by atoms with E-state index in [9.17, 15) is 0 Å². The Morgan fingerprint density at radius 2 is 2.36 bits per heavy atom. The highest BCUT2D eigenvalue weighted by molar-refractivity contribution is 4.85. The Kier molecular flexibility index (Phi) is 2.20. The molecule has 1 atom stereocenters. The van der Waals surface area contributed by atoms with Gasteiger partial charge in [0.1, 0.15) is 0 Å². The molecule has 11 heavy (non-hydrogen) atoms. The molecule has 1 rings (SSSR count). The zero-order valence-electron chi connectivity index (χ0n) is 6.96. The minimum absolute atomic E-state index is 0.0394. The number of ether oxygens (including phenoxy) is 2. The summed E-state index contributed by atoms with van der Waals surface area (Å²) in [6, 6.07) is 0. The highest BCUT2D eigenvalue weighted by Gasteiger charge is 2.32. The monoisotopic (exact) mass is 158 g/mol. The molecule has 0 aromatic carbocycles. The van der Waals surface area contributed by atoms with E-state index in [1.54, 1.807) is 0 Å². The second-order valence-electron chi connectivity index (χ2n) is 3.22. The molecule has 0 amide bonds. The molecule has 0 aliphatic carbocycles. The lowest BCUT2D eigenvalue weighted by Crippen LogP contribution is -2.21. The first kappa shape index (κ1) is 8.56. The summed E-state index contributed by atoms with van der Waals surface area (Å²) in [4.78, 5) is 0. The van der Waals surface area contributed by atoms with Gasteiger partial charge in [-0.3, -0.25) is 0 Å². The number of aliphatic hydroxyl groups excluding tert-OH is 1. The highest BCUT2D eigenvalue weighted by atomic mass is 16.7. The zero-order chi connectivity index (χ0) is 8.48. The van der Waals surface area contributed by atoms with Crippen molar-refractivity contribution < 1.29 is 14.6 Å². The van der Waals surface area contributed by atoms with Gasteiger partial charge in [0.15, 0.2) is 5.79 Å². The van der Waals surface area contributed by atoms with Crippen LogP contribution >= 0.6 is 0 Å². The number of hydrogen-bond donors (Lipinski definition) is 1. The summed E-state index contributed by atoms with van der Waals surface area (Å²) < 4.78 is 10.7. The Hall–Kier alpha value is -0.540. The van der Waals surface area contributed by atoms with Crippen LogP contribution in [0.25, 0.3) is 0 Å².